The molecule has 1 aliphatic rings. The molecule has 0 saturated carbocycles. The Bertz CT molecular complexity index is 641. The van der Waals surface area contributed by atoms with E-state index in [9.17, 15) is 9.59 Å². The van der Waals surface area contributed by atoms with Gasteiger partial charge in [0.05, 0.1) is 25.3 Å². The summed E-state index contributed by atoms with van der Waals surface area (Å²) in [6.07, 6.45) is 7.62. The first-order valence-electron chi connectivity index (χ1n) is 8.77. The number of hydrogen-bond donors (Lipinski definition) is 2. The van der Waals surface area contributed by atoms with Gasteiger partial charge >= 0.3 is 5.97 Å². The minimum absolute atomic E-state index is 0.108. The van der Waals surface area contributed by atoms with Gasteiger partial charge in [0.15, 0.2) is 6.54 Å². The summed E-state index contributed by atoms with van der Waals surface area (Å²) >= 11 is 1.52. The monoisotopic (exact) mass is 363 g/mol. The predicted molar refractivity (Wildman–Crippen MR) is 102 cm³/mol. The SMILES string of the molecule is C=CC[NH+](CC=C)CC(=O)Nc1sc2c(c1C(=O)OCC)CCCC2. The molecule has 0 spiro atoms. The number of aryl methyl sites for hydroxylation is 1. The fourth-order valence-electron chi connectivity index (χ4n) is 3.11. The van der Waals surface area contributed by atoms with Gasteiger partial charge in [0.25, 0.3) is 5.91 Å². The van der Waals surface area contributed by atoms with Gasteiger partial charge in [0, 0.05) is 4.88 Å². The van der Waals surface area contributed by atoms with Crippen LogP contribution in [0.25, 0.3) is 0 Å². The number of fused-ring (bicyclic) bond motifs is 1. The standard InChI is InChI=1S/C19H26N2O3S/c1-4-11-21(12-5-2)13-16(22)20-18-17(19(23)24-6-3)14-9-7-8-10-15(14)25-18/h4-5H,1-2,6-13H2,3H3,(H,20,22)/p+1. The molecule has 0 saturated heterocycles. The molecule has 2 rings (SSSR count). The van der Waals surface area contributed by atoms with E-state index in [0.29, 0.717) is 36.8 Å². The molecule has 0 fully saturated rings. The topological polar surface area (TPSA) is 59.8 Å². The highest BCUT2D eigenvalue weighted by Crippen LogP contribution is 2.38. The molecule has 1 amide bonds. The third kappa shape index (κ3) is 5.03. The number of quaternary nitrogens is 1. The molecule has 2 N–H and O–H groups in total. The molecule has 0 aromatic carbocycles. The Morgan fingerprint density at radius 2 is 1.92 bits per heavy atom. The third-order valence-electron chi connectivity index (χ3n) is 4.18. The Balaban J connectivity index is 2.18. The van der Waals surface area contributed by atoms with Gasteiger partial charge in [-0.15, -0.1) is 11.3 Å². The summed E-state index contributed by atoms with van der Waals surface area (Å²) in [6, 6.07) is 0. The van der Waals surface area contributed by atoms with Crippen LogP contribution in [-0.2, 0) is 22.4 Å². The van der Waals surface area contributed by atoms with Crippen LogP contribution in [0, 0.1) is 0 Å². The summed E-state index contributed by atoms with van der Waals surface area (Å²) in [6.45, 7) is 11.3. The van der Waals surface area contributed by atoms with Crippen molar-refractivity contribution in [1.29, 1.82) is 0 Å². The number of carbonyl (C=O) groups is 2. The smallest absolute Gasteiger partial charge is 0.341 e. The largest absolute Gasteiger partial charge is 0.462 e. The fourth-order valence-corrected chi connectivity index (χ4v) is 4.40. The number of anilines is 1. The average Bonchev–Trinajstić information content (AvgIpc) is 2.93. The van der Waals surface area contributed by atoms with Gasteiger partial charge in [-0.2, -0.15) is 0 Å². The maximum atomic E-state index is 12.5. The lowest BCUT2D eigenvalue weighted by molar-refractivity contribution is -0.879. The zero-order chi connectivity index (χ0) is 18.2. The van der Waals surface area contributed by atoms with E-state index in [1.807, 2.05) is 0 Å². The first-order valence-corrected chi connectivity index (χ1v) is 9.59. The molecule has 1 heterocycles. The second-order valence-electron chi connectivity index (χ2n) is 6.10. The van der Waals surface area contributed by atoms with Gasteiger partial charge in [0.1, 0.15) is 5.00 Å². The molecule has 0 radical (unpaired) electrons. The summed E-state index contributed by atoms with van der Waals surface area (Å²) in [5.41, 5.74) is 1.62. The zero-order valence-corrected chi connectivity index (χ0v) is 15.7. The number of rotatable bonds is 9. The summed E-state index contributed by atoms with van der Waals surface area (Å²) in [5.74, 6) is -0.443. The van der Waals surface area contributed by atoms with Gasteiger partial charge in [-0.05, 0) is 50.3 Å². The zero-order valence-electron chi connectivity index (χ0n) is 14.9. The van der Waals surface area contributed by atoms with Crippen molar-refractivity contribution in [2.45, 2.75) is 32.6 Å². The van der Waals surface area contributed by atoms with Crippen molar-refractivity contribution in [3.8, 4) is 0 Å². The maximum Gasteiger partial charge on any atom is 0.341 e. The molecular formula is C19H27N2O3S+. The van der Waals surface area contributed by atoms with E-state index in [1.54, 1.807) is 19.1 Å². The number of carbonyl (C=O) groups excluding carboxylic acids is 2. The molecular weight excluding hydrogens is 336 g/mol. The summed E-state index contributed by atoms with van der Waals surface area (Å²) < 4.78 is 5.22. The lowest BCUT2D eigenvalue weighted by Crippen LogP contribution is -3.12. The van der Waals surface area contributed by atoms with Crippen LogP contribution in [0.3, 0.4) is 0 Å². The maximum absolute atomic E-state index is 12.5. The minimum Gasteiger partial charge on any atom is -0.462 e. The van der Waals surface area contributed by atoms with Crippen LogP contribution in [0.2, 0.25) is 0 Å². The van der Waals surface area contributed by atoms with E-state index >= 15 is 0 Å². The number of hydrogen-bond acceptors (Lipinski definition) is 4. The molecule has 0 unspecified atom stereocenters. The normalized spacial score (nSPS) is 13.2. The number of amides is 1. The number of ether oxygens (including phenoxy) is 1. The predicted octanol–water partition coefficient (Wildman–Crippen LogP) is 2.00. The Morgan fingerprint density at radius 3 is 2.56 bits per heavy atom. The van der Waals surface area contributed by atoms with E-state index in [1.165, 1.54) is 16.2 Å². The molecule has 0 atom stereocenters. The number of thiophene rings is 1. The Labute approximate surface area is 153 Å². The molecule has 0 bridgehead atoms. The van der Waals surface area contributed by atoms with Crippen molar-refractivity contribution in [2.75, 3.05) is 31.6 Å². The van der Waals surface area contributed by atoms with Gasteiger partial charge in [-0.1, -0.05) is 13.2 Å². The molecule has 1 aliphatic carbocycles. The molecule has 1 aromatic heterocycles. The third-order valence-corrected chi connectivity index (χ3v) is 5.39. The van der Waals surface area contributed by atoms with Crippen molar-refractivity contribution in [3.05, 3.63) is 41.3 Å². The summed E-state index contributed by atoms with van der Waals surface area (Å²) in [4.78, 5) is 27.1. The Hall–Kier alpha value is -1.92. The molecule has 1 aromatic rings. The quantitative estimate of drug-likeness (QED) is 0.521. The van der Waals surface area contributed by atoms with Crippen molar-refractivity contribution in [3.63, 3.8) is 0 Å². The van der Waals surface area contributed by atoms with Crippen LogP contribution in [0.1, 0.15) is 40.6 Å². The number of esters is 1. The van der Waals surface area contributed by atoms with E-state index in [-0.39, 0.29) is 11.9 Å². The van der Waals surface area contributed by atoms with Crippen molar-refractivity contribution >= 4 is 28.2 Å². The van der Waals surface area contributed by atoms with Gasteiger partial charge in [-0.25, -0.2) is 4.79 Å². The first-order chi connectivity index (χ1) is 12.1. The Morgan fingerprint density at radius 1 is 1.24 bits per heavy atom. The molecule has 25 heavy (non-hydrogen) atoms. The number of nitrogens with one attached hydrogen (secondary N) is 2. The van der Waals surface area contributed by atoms with Crippen LogP contribution < -0.4 is 10.2 Å². The van der Waals surface area contributed by atoms with Gasteiger partial charge < -0.3 is 15.0 Å². The van der Waals surface area contributed by atoms with Crippen LogP contribution in [-0.4, -0.2) is 38.1 Å². The molecule has 0 aliphatic heterocycles. The minimum atomic E-state index is -0.335. The Kier molecular flexibility index (Phi) is 7.40. The molecule has 6 heteroatoms. The lowest BCUT2D eigenvalue weighted by Gasteiger charge is -2.15. The average molecular weight is 364 g/mol. The van der Waals surface area contributed by atoms with Crippen LogP contribution in [0.5, 0.6) is 0 Å². The van der Waals surface area contributed by atoms with Crippen LogP contribution in [0.15, 0.2) is 25.3 Å². The summed E-state index contributed by atoms with van der Waals surface area (Å²) in [7, 11) is 0. The van der Waals surface area contributed by atoms with E-state index in [0.717, 1.165) is 36.1 Å². The highest BCUT2D eigenvalue weighted by molar-refractivity contribution is 7.17. The van der Waals surface area contributed by atoms with E-state index in [2.05, 4.69) is 18.5 Å². The first kappa shape index (κ1) is 19.4. The highest BCUT2D eigenvalue weighted by atomic mass is 32.1. The molecule has 5 nitrogen and oxygen atoms in total. The van der Waals surface area contributed by atoms with Crippen molar-refractivity contribution in [2.24, 2.45) is 0 Å². The van der Waals surface area contributed by atoms with Crippen LogP contribution >= 0.6 is 11.3 Å². The van der Waals surface area contributed by atoms with E-state index < -0.39 is 0 Å². The van der Waals surface area contributed by atoms with Gasteiger partial charge in [-0.3, -0.25) is 4.79 Å². The molecule has 136 valence electrons. The van der Waals surface area contributed by atoms with Crippen molar-refractivity contribution < 1.29 is 19.2 Å². The van der Waals surface area contributed by atoms with E-state index in [4.69, 9.17) is 4.74 Å². The lowest BCUT2D eigenvalue weighted by atomic mass is 9.95. The van der Waals surface area contributed by atoms with Crippen molar-refractivity contribution in [1.82, 2.24) is 0 Å². The highest BCUT2D eigenvalue weighted by Gasteiger charge is 2.27. The summed E-state index contributed by atoms with van der Waals surface area (Å²) in [5, 5.41) is 3.58. The fraction of sp³-hybridized carbons (Fsp3) is 0.474. The second kappa shape index (κ2) is 9.53. The van der Waals surface area contributed by atoms with Crippen LogP contribution in [0.4, 0.5) is 5.00 Å². The van der Waals surface area contributed by atoms with Gasteiger partial charge in [0.2, 0.25) is 0 Å². The second-order valence-corrected chi connectivity index (χ2v) is 7.20.